The summed E-state index contributed by atoms with van der Waals surface area (Å²) >= 11 is 0. The summed E-state index contributed by atoms with van der Waals surface area (Å²) in [6.45, 7) is 3.60. The number of H-pyrrole nitrogens is 1. The Morgan fingerprint density at radius 3 is 2.71 bits per heavy atom. The number of aromatic nitrogens is 2. The topological polar surface area (TPSA) is 92.0 Å². The molecule has 1 heterocycles. The predicted octanol–water partition coefficient (Wildman–Crippen LogP) is -0.0724. The molecule has 0 amide bonds. The normalized spacial score (nSPS) is 12.8. The molecule has 5 nitrogen and oxygen atoms in total. The number of nitrogens with two attached hydrogens (primary N) is 1. The van der Waals surface area contributed by atoms with Crippen LogP contribution in [0.1, 0.15) is 25.2 Å². The summed E-state index contributed by atoms with van der Waals surface area (Å²) in [5.41, 5.74) is 5.59. The first-order chi connectivity index (χ1) is 6.54. The monoisotopic (exact) mass is 197 g/mol. The van der Waals surface area contributed by atoms with E-state index in [1.807, 2.05) is 6.92 Å². The number of rotatable bonds is 3. The van der Waals surface area contributed by atoms with Crippen molar-refractivity contribution in [3.63, 3.8) is 0 Å². The molecule has 14 heavy (non-hydrogen) atoms. The van der Waals surface area contributed by atoms with Crippen molar-refractivity contribution in [1.82, 2.24) is 9.97 Å². The van der Waals surface area contributed by atoms with Crippen molar-refractivity contribution in [1.29, 1.82) is 0 Å². The Labute approximate surface area is 82.0 Å². The van der Waals surface area contributed by atoms with Crippen molar-refractivity contribution in [3.05, 3.63) is 21.7 Å². The van der Waals surface area contributed by atoms with Gasteiger partial charge in [0.05, 0.1) is 5.56 Å². The first-order valence-electron chi connectivity index (χ1n) is 4.61. The second-order valence-corrected chi connectivity index (χ2v) is 3.35. The van der Waals surface area contributed by atoms with Gasteiger partial charge in [-0.15, -0.1) is 0 Å². The highest BCUT2D eigenvalue weighted by Gasteiger charge is 2.09. The molecule has 0 spiro atoms. The molecule has 0 bridgehead atoms. The van der Waals surface area contributed by atoms with Crippen LogP contribution in [0.15, 0.2) is 4.79 Å². The summed E-state index contributed by atoms with van der Waals surface area (Å²) in [6, 6.07) is -0.0926. The van der Waals surface area contributed by atoms with E-state index in [1.54, 1.807) is 6.92 Å². The first-order valence-corrected chi connectivity index (χ1v) is 4.61. The average Bonchev–Trinajstić information content (AvgIpc) is 2.01. The van der Waals surface area contributed by atoms with Crippen molar-refractivity contribution in [2.24, 2.45) is 5.73 Å². The second-order valence-electron chi connectivity index (χ2n) is 3.35. The molecule has 0 aliphatic carbocycles. The Balaban J connectivity index is 3.08. The van der Waals surface area contributed by atoms with Crippen molar-refractivity contribution in [3.8, 4) is 5.88 Å². The molecular weight excluding hydrogens is 182 g/mol. The Kier molecular flexibility index (Phi) is 3.24. The number of hydrogen-bond acceptors (Lipinski definition) is 4. The fraction of sp³-hybridized carbons (Fsp3) is 0.556. The van der Waals surface area contributed by atoms with Crippen molar-refractivity contribution in [2.45, 2.75) is 32.7 Å². The van der Waals surface area contributed by atoms with Crippen LogP contribution in [0.4, 0.5) is 0 Å². The minimum absolute atomic E-state index is 0.0926. The number of hydrogen-bond donors (Lipinski definition) is 3. The molecule has 1 atom stereocenters. The van der Waals surface area contributed by atoms with E-state index in [0.717, 1.165) is 0 Å². The largest absolute Gasteiger partial charge is 0.493 e. The van der Waals surface area contributed by atoms with E-state index >= 15 is 0 Å². The quantitative estimate of drug-likeness (QED) is 0.632. The standard InChI is InChI=1S/C9H15N3O2/c1-3-6-8(13)11-7(4-5(2)10)12-9(6)14/h5H,3-4,10H2,1-2H3,(H2,11,12,13,14). The maximum Gasteiger partial charge on any atom is 0.257 e. The summed E-state index contributed by atoms with van der Waals surface area (Å²) in [4.78, 5) is 17.8. The molecule has 1 unspecified atom stereocenters. The highest BCUT2D eigenvalue weighted by Crippen LogP contribution is 2.08. The van der Waals surface area contributed by atoms with Crippen LogP contribution in [0.25, 0.3) is 0 Å². The molecule has 5 heteroatoms. The van der Waals surface area contributed by atoms with Gasteiger partial charge in [0.2, 0.25) is 5.88 Å². The van der Waals surface area contributed by atoms with Crippen LogP contribution < -0.4 is 11.3 Å². The van der Waals surface area contributed by atoms with Crippen LogP contribution in [-0.4, -0.2) is 21.1 Å². The van der Waals surface area contributed by atoms with E-state index in [4.69, 9.17) is 5.73 Å². The van der Waals surface area contributed by atoms with Crippen molar-refractivity contribution in [2.75, 3.05) is 0 Å². The van der Waals surface area contributed by atoms with Gasteiger partial charge >= 0.3 is 0 Å². The SMILES string of the molecule is CCc1c(O)nc(CC(C)N)[nH]c1=O. The fourth-order valence-corrected chi connectivity index (χ4v) is 1.25. The third-order valence-corrected chi connectivity index (χ3v) is 1.91. The number of aromatic hydroxyl groups is 1. The molecule has 1 aromatic rings. The van der Waals surface area contributed by atoms with Gasteiger partial charge in [-0.3, -0.25) is 4.79 Å². The lowest BCUT2D eigenvalue weighted by Gasteiger charge is -2.06. The van der Waals surface area contributed by atoms with Gasteiger partial charge in [0.15, 0.2) is 0 Å². The molecule has 0 radical (unpaired) electrons. The van der Waals surface area contributed by atoms with Crippen LogP contribution in [0.5, 0.6) is 5.88 Å². The zero-order chi connectivity index (χ0) is 10.7. The Hall–Kier alpha value is -1.36. The minimum Gasteiger partial charge on any atom is -0.493 e. The van der Waals surface area contributed by atoms with Crippen LogP contribution in [0, 0.1) is 0 Å². The molecule has 0 aliphatic heterocycles. The summed E-state index contributed by atoms with van der Waals surface area (Å²) in [7, 11) is 0. The third-order valence-electron chi connectivity index (χ3n) is 1.91. The molecule has 4 N–H and O–H groups in total. The second kappa shape index (κ2) is 4.23. The Morgan fingerprint density at radius 2 is 2.29 bits per heavy atom. The summed E-state index contributed by atoms with van der Waals surface area (Å²) in [6.07, 6.45) is 0.916. The highest BCUT2D eigenvalue weighted by molar-refractivity contribution is 5.22. The van der Waals surface area contributed by atoms with E-state index in [0.29, 0.717) is 24.2 Å². The van der Waals surface area contributed by atoms with E-state index in [9.17, 15) is 9.90 Å². The molecule has 0 fully saturated rings. The van der Waals surface area contributed by atoms with Gasteiger partial charge < -0.3 is 15.8 Å². The lowest BCUT2D eigenvalue weighted by atomic mass is 10.2. The van der Waals surface area contributed by atoms with E-state index in [1.165, 1.54) is 0 Å². The molecule has 0 aliphatic rings. The third kappa shape index (κ3) is 2.32. The van der Waals surface area contributed by atoms with Gasteiger partial charge in [0, 0.05) is 12.5 Å². The molecule has 0 aromatic carbocycles. The summed E-state index contributed by atoms with van der Waals surface area (Å²) in [5.74, 6) is 0.242. The molecule has 1 aromatic heterocycles. The summed E-state index contributed by atoms with van der Waals surface area (Å²) in [5, 5.41) is 9.41. The molecule has 0 saturated carbocycles. The lowest BCUT2D eigenvalue weighted by Crippen LogP contribution is -2.23. The highest BCUT2D eigenvalue weighted by atomic mass is 16.3. The molecule has 0 saturated heterocycles. The van der Waals surface area contributed by atoms with Gasteiger partial charge in [-0.05, 0) is 13.3 Å². The van der Waals surface area contributed by atoms with Crippen molar-refractivity contribution >= 4 is 0 Å². The first kappa shape index (κ1) is 10.7. The smallest absolute Gasteiger partial charge is 0.257 e. The summed E-state index contributed by atoms with van der Waals surface area (Å²) < 4.78 is 0. The number of aromatic amines is 1. The minimum atomic E-state index is -0.282. The van der Waals surface area contributed by atoms with E-state index in [-0.39, 0.29) is 17.5 Å². The fourth-order valence-electron chi connectivity index (χ4n) is 1.25. The van der Waals surface area contributed by atoms with Crippen LogP contribution in [0.3, 0.4) is 0 Å². The molecular formula is C9H15N3O2. The zero-order valence-electron chi connectivity index (χ0n) is 8.37. The van der Waals surface area contributed by atoms with E-state index in [2.05, 4.69) is 9.97 Å². The number of nitrogens with one attached hydrogen (secondary N) is 1. The lowest BCUT2D eigenvalue weighted by molar-refractivity contribution is 0.439. The predicted molar refractivity (Wildman–Crippen MR) is 53.3 cm³/mol. The maximum atomic E-state index is 11.4. The zero-order valence-corrected chi connectivity index (χ0v) is 8.37. The average molecular weight is 197 g/mol. The van der Waals surface area contributed by atoms with Gasteiger partial charge in [-0.1, -0.05) is 6.92 Å². The Bertz CT molecular complexity index is 371. The van der Waals surface area contributed by atoms with Gasteiger partial charge in [-0.25, -0.2) is 4.98 Å². The van der Waals surface area contributed by atoms with E-state index < -0.39 is 0 Å². The molecule has 78 valence electrons. The van der Waals surface area contributed by atoms with Gasteiger partial charge in [0.25, 0.3) is 5.56 Å². The van der Waals surface area contributed by atoms with Gasteiger partial charge in [-0.2, -0.15) is 0 Å². The van der Waals surface area contributed by atoms with Crippen molar-refractivity contribution < 1.29 is 5.11 Å². The van der Waals surface area contributed by atoms with Gasteiger partial charge in [0.1, 0.15) is 5.82 Å². The van der Waals surface area contributed by atoms with Crippen LogP contribution >= 0.6 is 0 Å². The van der Waals surface area contributed by atoms with Crippen LogP contribution in [-0.2, 0) is 12.8 Å². The van der Waals surface area contributed by atoms with Crippen LogP contribution in [0.2, 0.25) is 0 Å². The Morgan fingerprint density at radius 1 is 1.64 bits per heavy atom. The molecule has 1 rings (SSSR count). The number of nitrogens with zero attached hydrogens (tertiary/aromatic N) is 1. The maximum absolute atomic E-state index is 11.4.